The van der Waals surface area contributed by atoms with Gasteiger partial charge in [-0.05, 0) is 61.2 Å². The lowest BCUT2D eigenvalue weighted by molar-refractivity contribution is -0.116. The zero-order valence-electron chi connectivity index (χ0n) is 18.2. The van der Waals surface area contributed by atoms with Crippen LogP contribution in [-0.4, -0.2) is 38.3 Å². The molecule has 1 amide bonds. The maximum Gasteiger partial charge on any atom is 0.243 e. The van der Waals surface area contributed by atoms with Gasteiger partial charge in [-0.25, -0.2) is 8.42 Å². The van der Waals surface area contributed by atoms with Crippen LogP contribution in [0.1, 0.15) is 38.8 Å². The maximum absolute atomic E-state index is 13.1. The summed E-state index contributed by atoms with van der Waals surface area (Å²) in [4.78, 5) is 12.8. The molecule has 0 fully saturated rings. The van der Waals surface area contributed by atoms with Gasteiger partial charge in [-0.2, -0.15) is 4.31 Å². The first kappa shape index (κ1) is 25.6. The van der Waals surface area contributed by atoms with Crippen molar-refractivity contribution >= 4 is 49.1 Å². The number of anilines is 1. The predicted octanol–water partition coefficient (Wildman–Crippen LogP) is 5.28. The van der Waals surface area contributed by atoms with Gasteiger partial charge in [-0.3, -0.25) is 4.79 Å². The minimum atomic E-state index is -3.91. The Kier molecular flexibility index (Phi) is 9.36. The van der Waals surface area contributed by atoms with Gasteiger partial charge in [-0.15, -0.1) is 0 Å². The second kappa shape index (κ2) is 11.3. The molecule has 0 saturated heterocycles. The van der Waals surface area contributed by atoms with Gasteiger partial charge < -0.3 is 10.1 Å². The van der Waals surface area contributed by atoms with Gasteiger partial charge in [-0.1, -0.05) is 48.3 Å². The second-order valence-electron chi connectivity index (χ2n) is 6.81. The molecule has 2 rings (SSSR count). The summed E-state index contributed by atoms with van der Waals surface area (Å²) < 4.78 is 33.7. The quantitative estimate of drug-likeness (QED) is 0.453. The van der Waals surface area contributed by atoms with E-state index in [4.69, 9.17) is 16.3 Å². The molecule has 1 N–H and O–H groups in total. The summed E-state index contributed by atoms with van der Waals surface area (Å²) in [6.07, 6.45) is 1.48. The first-order chi connectivity index (χ1) is 14.7. The van der Waals surface area contributed by atoms with Gasteiger partial charge in [0.2, 0.25) is 15.9 Å². The Bertz CT molecular complexity index is 1020. The summed E-state index contributed by atoms with van der Waals surface area (Å²) >= 11 is 9.66. The van der Waals surface area contributed by atoms with Crippen molar-refractivity contribution in [1.82, 2.24) is 4.31 Å². The molecule has 2 aromatic carbocycles. The molecular formula is C22H28BrClN2O4S. The summed E-state index contributed by atoms with van der Waals surface area (Å²) in [5.41, 5.74) is 2.73. The minimum absolute atomic E-state index is 0.0164. The van der Waals surface area contributed by atoms with E-state index in [2.05, 4.69) is 21.2 Å². The molecule has 0 saturated carbocycles. The van der Waals surface area contributed by atoms with Crippen molar-refractivity contribution in [3.8, 4) is 5.75 Å². The van der Waals surface area contributed by atoms with Gasteiger partial charge in [0.15, 0.2) is 0 Å². The highest BCUT2D eigenvalue weighted by Crippen LogP contribution is 2.30. The first-order valence-corrected chi connectivity index (χ1v) is 12.8. The molecule has 31 heavy (non-hydrogen) atoms. The summed E-state index contributed by atoms with van der Waals surface area (Å²) in [5.74, 6) is 0.0208. The Morgan fingerprint density at radius 1 is 1.10 bits per heavy atom. The molecule has 0 aliphatic rings. The van der Waals surface area contributed by atoms with Gasteiger partial charge in [0.05, 0.1) is 23.1 Å². The molecule has 6 nitrogen and oxygen atoms in total. The van der Waals surface area contributed by atoms with Crippen LogP contribution in [0.3, 0.4) is 0 Å². The number of hydrogen-bond acceptors (Lipinski definition) is 4. The summed E-state index contributed by atoms with van der Waals surface area (Å²) in [5, 5.41) is 3.13. The lowest BCUT2D eigenvalue weighted by Crippen LogP contribution is -2.38. The molecule has 0 radical (unpaired) electrons. The molecule has 9 heteroatoms. The molecule has 170 valence electrons. The number of amides is 1. The number of carbonyl (C=O) groups is 1. The van der Waals surface area contributed by atoms with Crippen molar-refractivity contribution < 1.29 is 17.9 Å². The first-order valence-electron chi connectivity index (χ1n) is 10.2. The number of halogens is 2. The van der Waals surface area contributed by atoms with Crippen LogP contribution in [0, 0.1) is 0 Å². The third-order valence-electron chi connectivity index (χ3n) is 4.81. The standard InChI is InChI=1S/C22H28BrClN2O4S/c1-5-15-11-17(23)12-16(6-2)22(15)25-21(27)14-26(7-3)31(28,29)18-9-10-20(30-8-4)19(24)13-18/h9-13H,5-8,14H2,1-4H3,(H,25,27). The Hall–Kier alpha value is -1.61. The third kappa shape index (κ3) is 6.22. The Balaban J connectivity index is 2.26. The number of sulfonamides is 1. The average Bonchev–Trinajstić information content (AvgIpc) is 2.74. The van der Waals surface area contributed by atoms with Crippen molar-refractivity contribution in [2.45, 2.75) is 45.4 Å². The van der Waals surface area contributed by atoms with Crippen LogP contribution in [0.5, 0.6) is 5.75 Å². The van der Waals surface area contributed by atoms with E-state index < -0.39 is 15.9 Å². The number of hydrogen-bond donors (Lipinski definition) is 1. The molecular weight excluding hydrogens is 504 g/mol. The normalized spacial score (nSPS) is 11.6. The maximum atomic E-state index is 13.1. The molecule has 0 aromatic heterocycles. The molecule has 0 aliphatic heterocycles. The highest BCUT2D eigenvalue weighted by atomic mass is 79.9. The lowest BCUT2D eigenvalue weighted by atomic mass is 10.0. The Labute approximate surface area is 198 Å². The van der Waals surface area contributed by atoms with E-state index in [1.54, 1.807) is 6.92 Å². The van der Waals surface area contributed by atoms with Crippen molar-refractivity contribution in [1.29, 1.82) is 0 Å². The van der Waals surface area contributed by atoms with Crippen molar-refractivity contribution in [3.05, 3.63) is 51.0 Å². The predicted molar refractivity (Wildman–Crippen MR) is 129 cm³/mol. The lowest BCUT2D eigenvalue weighted by Gasteiger charge is -2.22. The number of nitrogens with one attached hydrogen (secondary N) is 1. The number of nitrogens with zero attached hydrogens (tertiary/aromatic N) is 1. The van der Waals surface area contributed by atoms with E-state index in [1.807, 2.05) is 32.9 Å². The van der Waals surface area contributed by atoms with Crippen LogP contribution >= 0.6 is 27.5 Å². The molecule has 0 bridgehead atoms. The van der Waals surface area contributed by atoms with Gasteiger partial charge in [0, 0.05) is 16.7 Å². The van der Waals surface area contributed by atoms with Crippen LogP contribution < -0.4 is 10.1 Å². The zero-order valence-corrected chi connectivity index (χ0v) is 21.3. The number of ether oxygens (including phenoxy) is 1. The van der Waals surface area contributed by atoms with Gasteiger partial charge in [0.25, 0.3) is 0 Å². The van der Waals surface area contributed by atoms with E-state index in [1.165, 1.54) is 18.2 Å². The van der Waals surface area contributed by atoms with E-state index >= 15 is 0 Å². The van der Waals surface area contributed by atoms with E-state index in [0.29, 0.717) is 12.4 Å². The number of carbonyl (C=O) groups excluding carboxylic acids is 1. The number of rotatable bonds is 10. The molecule has 0 aliphatic carbocycles. The zero-order chi connectivity index (χ0) is 23.2. The highest BCUT2D eigenvalue weighted by Gasteiger charge is 2.26. The monoisotopic (exact) mass is 530 g/mol. The second-order valence-corrected chi connectivity index (χ2v) is 10.1. The smallest absolute Gasteiger partial charge is 0.243 e. The molecule has 2 aromatic rings. The van der Waals surface area contributed by atoms with Crippen LogP contribution in [0.4, 0.5) is 5.69 Å². The topological polar surface area (TPSA) is 75.7 Å². The highest BCUT2D eigenvalue weighted by molar-refractivity contribution is 9.10. The third-order valence-corrected chi connectivity index (χ3v) is 7.48. The van der Waals surface area contributed by atoms with Crippen LogP contribution in [0.2, 0.25) is 5.02 Å². The van der Waals surface area contributed by atoms with Crippen molar-refractivity contribution in [3.63, 3.8) is 0 Å². The van der Waals surface area contributed by atoms with Crippen LogP contribution in [-0.2, 0) is 27.7 Å². The number of aryl methyl sites for hydroxylation is 2. The molecule has 0 unspecified atom stereocenters. The largest absolute Gasteiger partial charge is 0.492 e. The Morgan fingerprint density at radius 2 is 1.71 bits per heavy atom. The molecule has 0 heterocycles. The fourth-order valence-electron chi connectivity index (χ4n) is 3.21. The fraction of sp³-hybridized carbons (Fsp3) is 0.409. The summed E-state index contributed by atoms with van der Waals surface area (Å²) in [6.45, 7) is 7.79. The summed E-state index contributed by atoms with van der Waals surface area (Å²) in [6, 6.07) is 8.24. The van der Waals surface area contributed by atoms with E-state index in [-0.39, 0.29) is 23.0 Å². The molecule has 0 atom stereocenters. The minimum Gasteiger partial charge on any atom is -0.492 e. The number of likely N-dealkylation sites (N-methyl/N-ethyl adjacent to an activating group) is 1. The van der Waals surface area contributed by atoms with Crippen LogP contribution in [0.25, 0.3) is 0 Å². The van der Waals surface area contributed by atoms with Crippen molar-refractivity contribution in [2.75, 3.05) is 25.0 Å². The molecule has 0 spiro atoms. The van der Waals surface area contributed by atoms with E-state index in [0.717, 1.165) is 38.4 Å². The Morgan fingerprint density at radius 3 is 2.19 bits per heavy atom. The van der Waals surface area contributed by atoms with Crippen LogP contribution in [0.15, 0.2) is 39.7 Å². The summed E-state index contributed by atoms with van der Waals surface area (Å²) in [7, 11) is -3.91. The van der Waals surface area contributed by atoms with Crippen molar-refractivity contribution in [2.24, 2.45) is 0 Å². The SMILES string of the molecule is CCOc1ccc(S(=O)(=O)N(CC)CC(=O)Nc2c(CC)cc(Br)cc2CC)cc1Cl. The fourth-order valence-corrected chi connectivity index (χ4v) is 5.50. The number of benzene rings is 2. The van der Waals surface area contributed by atoms with Gasteiger partial charge in [0.1, 0.15) is 5.75 Å². The average molecular weight is 532 g/mol. The van der Waals surface area contributed by atoms with Gasteiger partial charge >= 0.3 is 0 Å². The van der Waals surface area contributed by atoms with E-state index in [9.17, 15) is 13.2 Å².